The van der Waals surface area contributed by atoms with Gasteiger partial charge >= 0.3 is 5.97 Å². The molecule has 0 spiro atoms. The van der Waals surface area contributed by atoms with Crippen LogP contribution in [0.25, 0.3) is 10.9 Å². The van der Waals surface area contributed by atoms with Crippen molar-refractivity contribution in [1.82, 2.24) is 15.6 Å². The molecule has 0 saturated heterocycles. The van der Waals surface area contributed by atoms with Gasteiger partial charge in [-0.15, -0.1) is 0 Å². The first-order valence-corrected chi connectivity index (χ1v) is 7.77. The fourth-order valence-corrected chi connectivity index (χ4v) is 2.59. The molecule has 0 radical (unpaired) electrons. The van der Waals surface area contributed by atoms with Crippen LogP contribution in [0.3, 0.4) is 0 Å². The van der Waals surface area contributed by atoms with Crippen LogP contribution >= 0.6 is 0 Å². The predicted octanol–water partition coefficient (Wildman–Crippen LogP) is 1.19. The van der Waals surface area contributed by atoms with E-state index in [1.165, 1.54) is 6.92 Å². The molecule has 2 aromatic rings. The summed E-state index contributed by atoms with van der Waals surface area (Å²) in [6, 6.07) is 5.83. The molecule has 7 heteroatoms. The standard InChI is InChI=1S/C17H21N3O4/c1-3-13(17(23)24)20-16(22)15(19-10(2)21)8-11-9-18-14-7-5-4-6-12(11)14/h4-7,9,13,15,18H,3,8H2,1-2H3,(H,19,21)(H,20,22)(H,23,24). The van der Waals surface area contributed by atoms with E-state index in [0.29, 0.717) is 0 Å². The van der Waals surface area contributed by atoms with Crippen molar-refractivity contribution in [2.24, 2.45) is 0 Å². The van der Waals surface area contributed by atoms with E-state index in [-0.39, 0.29) is 18.7 Å². The Morgan fingerprint density at radius 3 is 2.50 bits per heavy atom. The number of benzene rings is 1. The number of amides is 2. The highest BCUT2D eigenvalue weighted by molar-refractivity contribution is 5.91. The van der Waals surface area contributed by atoms with Gasteiger partial charge < -0.3 is 20.7 Å². The van der Waals surface area contributed by atoms with Crippen molar-refractivity contribution in [2.75, 3.05) is 0 Å². The first-order chi connectivity index (χ1) is 11.4. The summed E-state index contributed by atoms with van der Waals surface area (Å²) >= 11 is 0. The molecule has 7 nitrogen and oxygen atoms in total. The van der Waals surface area contributed by atoms with Gasteiger partial charge in [0.25, 0.3) is 0 Å². The molecule has 0 fully saturated rings. The summed E-state index contributed by atoms with van der Waals surface area (Å²) in [5.74, 6) is -1.96. The highest BCUT2D eigenvalue weighted by Gasteiger charge is 2.25. The van der Waals surface area contributed by atoms with Crippen LogP contribution in [0.15, 0.2) is 30.5 Å². The largest absolute Gasteiger partial charge is 0.480 e. The Kier molecular flexibility index (Phi) is 5.57. The van der Waals surface area contributed by atoms with Gasteiger partial charge in [-0.1, -0.05) is 25.1 Å². The molecule has 1 heterocycles. The van der Waals surface area contributed by atoms with Crippen LogP contribution in [0.5, 0.6) is 0 Å². The van der Waals surface area contributed by atoms with Crippen molar-refractivity contribution in [1.29, 1.82) is 0 Å². The first-order valence-electron chi connectivity index (χ1n) is 7.77. The number of carbonyl (C=O) groups excluding carboxylic acids is 2. The molecule has 2 amide bonds. The normalized spacial score (nSPS) is 13.2. The summed E-state index contributed by atoms with van der Waals surface area (Å²) in [6.07, 6.45) is 2.33. The summed E-state index contributed by atoms with van der Waals surface area (Å²) in [5, 5.41) is 15.1. The van der Waals surface area contributed by atoms with Gasteiger partial charge in [0.1, 0.15) is 12.1 Å². The lowest BCUT2D eigenvalue weighted by atomic mass is 10.0. The number of aromatic amines is 1. The predicted molar refractivity (Wildman–Crippen MR) is 89.5 cm³/mol. The van der Waals surface area contributed by atoms with Gasteiger partial charge in [-0.05, 0) is 18.1 Å². The zero-order valence-electron chi connectivity index (χ0n) is 13.6. The number of carboxylic acids is 1. The molecule has 2 unspecified atom stereocenters. The molecular formula is C17H21N3O4. The Morgan fingerprint density at radius 1 is 1.17 bits per heavy atom. The van der Waals surface area contributed by atoms with E-state index in [1.807, 2.05) is 24.3 Å². The maximum Gasteiger partial charge on any atom is 0.326 e. The van der Waals surface area contributed by atoms with E-state index in [0.717, 1.165) is 16.5 Å². The average molecular weight is 331 g/mol. The van der Waals surface area contributed by atoms with Gasteiger partial charge in [0.2, 0.25) is 11.8 Å². The number of carboxylic acid groups (broad SMARTS) is 1. The molecular weight excluding hydrogens is 310 g/mol. The highest BCUT2D eigenvalue weighted by atomic mass is 16.4. The van der Waals surface area contributed by atoms with Crippen molar-refractivity contribution in [3.63, 3.8) is 0 Å². The van der Waals surface area contributed by atoms with Crippen LogP contribution in [-0.2, 0) is 20.8 Å². The number of fused-ring (bicyclic) bond motifs is 1. The summed E-state index contributed by atoms with van der Waals surface area (Å²) < 4.78 is 0. The molecule has 0 aliphatic heterocycles. The second-order valence-corrected chi connectivity index (χ2v) is 5.62. The van der Waals surface area contributed by atoms with E-state index in [4.69, 9.17) is 5.11 Å². The van der Waals surface area contributed by atoms with Gasteiger partial charge in [-0.25, -0.2) is 4.79 Å². The van der Waals surface area contributed by atoms with Crippen LogP contribution in [0, 0.1) is 0 Å². The summed E-state index contributed by atoms with van der Waals surface area (Å²) in [5.41, 5.74) is 1.81. The molecule has 4 N–H and O–H groups in total. The van der Waals surface area contributed by atoms with Crippen molar-refractivity contribution in [3.05, 3.63) is 36.0 Å². The molecule has 2 rings (SSSR count). The molecule has 1 aromatic heterocycles. The Labute approximate surface area is 139 Å². The summed E-state index contributed by atoms with van der Waals surface area (Å²) in [6.45, 7) is 3.00. The van der Waals surface area contributed by atoms with Gasteiger partial charge in [-0.2, -0.15) is 0 Å². The molecule has 0 aliphatic rings. The quantitative estimate of drug-likeness (QED) is 0.611. The monoisotopic (exact) mass is 331 g/mol. The van der Waals surface area contributed by atoms with Crippen molar-refractivity contribution < 1.29 is 19.5 Å². The van der Waals surface area contributed by atoms with E-state index in [9.17, 15) is 14.4 Å². The van der Waals surface area contributed by atoms with Crippen LogP contribution in [-0.4, -0.2) is 40.0 Å². The number of H-pyrrole nitrogens is 1. The molecule has 2 atom stereocenters. The topological polar surface area (TPSA) is 111 Å². The number of hydrogen-bond acceptors (Lipinski definition) is 3. The third kappa shape index (κ3) is 4.13. The number of aromatic nitrogens is 1. The number of rotatable bonds is 7. The Morgan fingerprint density at radius 2 is 1.88 bits per heavy atom. The number of aliphatic carboxylic acids is 1. The maximum atomic E-state index is 12.4. The van der Waals surface area contributed by atoms with Crippen LogP contribution in [0.1, 0.15) is 25.8 Å². The van der Waals surface area contributed by atoms with E-state index in [2.05, 4.69) is 15.6 Å². The third-order valence-electron chi connectivity index (χ3n) is 3.82. The van der Waals surface area contributed by atoms with Crippen molar-refractivity contribution in [2.45, 2.75) is 38.8 Å². The fourth-order valence-electron chi connectivity index (χ4n) is 2.59. The van der Waals surface area contributed by atoms with E-state index in [1.54, 1.807) is 13.1 Å². The lowest BCUT2D eigenvalue weighted by Gasteiger charge is -2.20. The number of carbonyl (C=O) groups is 3. The highest BCUT2D eigenvalue weighted by Crippen LogP contribution is 2.19. The molecule has 0 aliphatic carbocycles. The minimum atomic E-state index is -1.10. The van der Waals surface area contributed by atoms with Crippen LogP contribution in [0.4, 0.5) is 0 Å². The minimum absolute atomic E-state index is 0.265. The molecule has 0 bridgehead atoms. The van der Waals surface area contributed by atoms with Crippen LogP contribution < -0.4 is 10.6 Å². The third-order valence-corrected chi connectivity index (χ3v) is 3.82. The Bertz CT molecular complexity index is 753. The molecule has 1 aromatic carbocycles. The van der Waals surface area contributed by atoms with Gasteiger partial charge in [0, 0.05) is 30.4 Å². The van der Waals surface area contributed by atoms with Crippen molar-refractivity contribution >= 4 is 28.7 Å². The number of nitrogens with one attached hydrogen (secondary N) is 3. The van der Waals surface area contributed by atoms with Crippen LogP contribution in [0.2, 0.25) is 0 Å². The molecule has 24 heavy (non-hydrogen) atoms. The fraction of sp³-hybridized carbons (Fsp3) is 0.353. The second-order valence-electron chi connectivity index (χ2n) is 5.62. The SMILES string of the molecule is CCC(NC(=O)C(Cc1c[nH]c2ccccc12)NC(C)=O)C(=O)O. The lowest BCUT2D eigenvalue weighted by molar-refractivity contribution is -0.142. The van der Waals surface area contributed by atoms with Gasteiger partial charge in [0.05, 0.1) is 0 Å². The lowest BCUT2D eigenvalue weighted by Crippen LogP contribution is -2.51. The minimum Gasteiger partial charge on any atom is -0.480 e. The molecule has 128 valence electrons. The molecule has 0 saturated carbocycles. The average Bonchev–Trinajstić information content (AvgIpc) is 2.94. The first kappa shape index (κ1) is 17.5. The maximum absolute atomic E-state index is 12.4. The summed E-state index contributed by atoms with van der Waals surface area (Å²) in [7, 11) is 0. The number of para-hydroxylation sites is 1. The van der Waals surface area contributed by atoms with Crippen molar-refractivity contribution in [3.8, 4) is 0 Å². The Hall–Kier alpha value is -2.83. The summed E-state index contributed by atoms with van der Waals surface area (Å²) in [4.78, 5) is 38.1. The second kappa shape index (κ2) is 7.63. The smallest absolute Gasteiger partial charge is 0.326 e. The van der Waals surface area contributed by atoms with Gasteiger partial charge in [0.15, 0.2) is 0 Å². The zero-order valence-corrected chi connectivity index (χ0v) is 13.6. The Balaban J connectivity index is 2.20. The number of hydrogen-bond donors (Lipinski definition) is 4. The van der Waals surface area contributed by atoms with E-state index >= 15 is 0 Å². The zero-order chi connectivity index (χ0) is 17.7. The van der Waals surface area contributed by atoms with Gasteiger partial charge in [-0.3, -0.25) is 9.59 Å². The van der Waals surface area contributed by atoms with E-state index < -0.39 is 24.0 Å².